The number of nitriles is 1. The van der Waals surface area contributed by atoms with E-state index in [-0.39, 0.29) is 0 Å². The number of benzene rings is 8. The standard InChI is InChI=1S/C43H28N2/c44-29-30-15-17-33(18-16-30)41-13-5-11-35-12-6-14-42(43(35)41)34-21-23-38(24-22-34)45(39-25-19-31-7-1-3-9-36(31)27-39)40-26-20-32-8-2-4-10-37(32)28-40/h1-28H. The highest BCUT2D eigenvalue weighted by Crippen LogP contribution is 2.40. The van der Waals surface area contributed by atoms with E-state index in [1.54, 1.807) is 0 Å². The van der Waals surface area contributed by atoms with Crippen molar-refractivity contribution in [2.75, 3.05) is 4.90 Å². The third-order valence-corrected chi connectivity index (χ3v) is 8.65. The van der Waals surface area contributed by atoms with Crippen molar-refractivity contribution in [2.24, 2.45) is 0 Å². The lowest BCUT2D eigenvalue weighted by Crippen LogP contribution is -2.09. The normalized spacial score (nSPS) is 11.1. The molecular weight excluding hydrogens is 544 g/mol. The summed E-state index contributed by atoms with van der Waals surface area (Å²) in [5, 5.41) is 16.6. The van der Waals surface area contributed by atoms with E-state index in [0.717, 1.165) is 33.8 Å². The quantitative estimate of drug-likeness (QED) is 0.205. The van der Waals surface area contributed by atoms with Crippen LogP contribution in [0, 0.1) is 11.3 Å². The third kappa shape index (κ3) is 4.87. The fourth-order valence-electron chi connectivity index (χ4n) is 6.42. The Morgan fingerprint density at radius 3 is 1.33 bits per heavy atom. The molecule has 0 aromatic heterocycles. The van der Waals surface area contributed by atoms with Crippen molar-refractivity contribution in [3.05, 3.63) is 175 Å². The van der Waals surface area contributed by atoms with Crippen molar-refractivity contribution in [1.82, 2.24) is 0 Å². The van der Waals surface area contributed by atoms with Crippen LogP contribution >= 0.6 is 0 Å². The van der Waals surface area contributed by atoms with Gasteiger partial charge < -0.3 is 4.90 Å². The molecule has 2 nitrogen and oxygen atoms in total. The van der Waals surface area contributed by atoms with Gasteiger partial charge in [0.25, 0.3) is 0 Å². The minimum atomic E-state index is 0.664. The van der Waals surface area contributed by atoms with Crippen molar-refractivity contribution in [1.29, 1.82) is 5.26 Å². The molecule has 0 radical (unpaired) electrons. The number of fused-ring (bicyclic) bond motifs is 3. The van der Waals surface area contributed by atoms with Crippen LogP contribution in [0.25, 0.3) is 54.6 Å². The molecule has 0 fully saturated rings. The highest BCUT2D eigenvalue weighted by Gasteiger charge is 2.15. The van der Waals surface area contributed by atoms with E-state index in [1.165, 1.54) is 37.9 Å². The lowest BCUT2D eigenvalue weighted by atomic mass is 9.91. The Labute approximate surface area is 262 Å². The molecule has 2 heteroatoms. The number of anilines is 3. The van der Waals surface area contributed by atoms with Crippen LogP contribution in [-0.4, -0.2) is 0 Å². The van der Waals surface area contributed by atoms with Crippen LogP contribution in [-0.2, 0) is 0 Å². The topological polar surface area (TPSA) is 27.0 Å². The Kier molecular flexibility index (Phi) is 6.56. The second-order valence-electron chi connectivity index (χ2n) is 11.3. The first-order valence-corrected chi connectivity index (χ1v) is 15.2. The Morgan fingerprint density at radius 1 is 0.378 bits per heavy atom. The summed E-state index contributed by atoms with van der Waals surface area (Å²) < 4.78 is 0. The summed E-state index contributed by atoms with van der Waals surface area (Å²) in [6.07, 6.45) is 0. The maximum Gasteiger partial charge on any atom is 0.0991 e. The summed E-state index contributed by atoms with van der Waals surface area (Å²) in [6, 6.07) is 62.3. The van der Waals surface area contributed by atoms with Gasteiger partial charge in [-0.15, -0.1) is 0 Å². The smallest absolute Gasteiger partial charge is 0.0991 e. The molecule has 0 atom stereocenters. The molecular formula is C43H28N2. The summed E-state index contributed by atoms with van der Waals surface area (Å²) in [7, 11) is 0. The van der Waals surface area contributed by atoms with Crippen LogP contribution in [0.3, 0.4) is 0 Å². The first-order valence-electron chi connectivity index (χ1n) is 15.2. The molecule has 210 valence electrons. The molecule has 45 heavy (non-hydrogen) atoms. The predicted octanol–water partition coefficient (Wildman–Crippen LogP) is 11.8. The number of nitrogens with zero attached hydrogens (tertiary/aromatic N) is 2. The van der Waals surface area contributed by atoms with Gasteiger partial charge in [-0.05, 0) is 103 Å². The van der Waals surface area contributed by atoms with Gasteiger partial charge in [0.05, 0.1) is 11.6 Å². The van der Waals surface area contributed by atoms with Crippen molar-refractivity contribution >= 4 is 49.4 Å². The summed E-state index contributed by atoms with van der Waals surface area (Å²) in [4.78, 5) is 2.34. The molecule has 0 amide bonds. The minimum absolute atomic E-state index is 0.664. The maximum atomic E-state index is 9.31. The average molecular weight is 573 g/mol. The van der Waals surface area contributed by atoms with Crippen molar-refractivity contribution < 1.29 is 0 Å². The second kappa shape index (κ2) is 11.2. The van der Waals surface area contributed by atoms with E-state index < -0.39 is 0 Å². The van der Waals surface area contributed by atoms with Crippen LogP contribution in [0.4, 0.5) is 17.1 Å². The molecule has 0 saturated carbocycles. The van der Waals surface area contributed by atoms with Gasteiger partial charge in [0.15, 0.2) is 0 Å². The second-order valence-corrected chi connectivity index (χ2v) is 11.3. The molecule has 0 bridgehead atoms. The molecule has 8 aromatic rings. The third-order valence-electron chi connectivity index (χ3n) is 8.65. The molecule has 8 rings (SSSR count). The fraction of sp³-hybridized carbons (Fsp3) is 0. The van der Waals surface area contributed by atoms with Crippen LogP contribution in [0.2, 0.25) is 0 Å². The van der Waals surface area contributed by atoms with Crippen molar-refractivity contribution in [2.45, 2.75) is 0 Å². The summed E-state index contributed by atoms with van der Waals surface area (Å²) in [6.45, 7) is 0. The van der Waals surface area contributed by atoms with E-state index in [4.69, 9.17) is 0 Å². The first kappa shape index (κ1) is 26.5. The highest BCUT2D eigenvalue weighted by atomic mass is 15.1. The Hall–Kier alpha value is -6.17. The summed E-state index contributed by atoms with van der Waals surface area (Å²) in [5.74, 6) is 0. The lowest BCUT2D eigenvalue weighted by molar-refractivity contribution is 1.29. The number of hydrogen-bond acceptors (Lipinski definition) is 2. The van der Waals surface area contributed by atoms with Crippen molar-refractivity contribution in [3.8, 4) is 28.3 Å². The molecule has 0 N–H and O–H groups in total. The van der Waals surface area contributed by atoms with Gasteiger partial charge in [-0.2, -0.15) is 5.26 Å². The van der Waals surface area contributed by atoms with Gasteiger partial charge in [0.1, 0.15) is 0 Å². The monoisotopic (exact) mass is 572 g/mol. The zero-order chi connectivity index (χ0) is 30.2. The summed E-state index contributed by atoms with van der Waals surface area (Å²) >= 11 is 0. The molecule has 0 aliphatic heterocycles. The fourth-order valence-corrected chi connectivity index (χ4v) is 6.42. The minimum Gasteiger partial charge on any atom is -0.310 e. The molecule has 0 spiro atoms. The Balaban J connectivity index is 1.26. The SMILES string of the molecule is N#Cc1ccc(-c2cccc3cccc(-c4ccc(N(c5ccc6ccccc6c5)c5ccc6ccccc6c5)cc4)c23)cc1. The van der Waals surface area contributed by atoms with E-state index in [1.807, 2.05) is 24.3 Å². The van der Waals surface area contributed by atoms with Crippen molar-refractivity contribution in [3.63, 3.8) is 0 Å². The lowest BCUT2D eigenvalue weighted by Gasteiger charge is -2.26. The van der Waals surface area contributed by atoms with Gasteiger partial charge >= 0.3 is 0 Å². The Morgan fingerprint density at radius 2 is 0.822 bits per heavy atom. The maximum absolute atomic E-state index is 9.31. The molecule has 0 unspecified atom stereocenters. The zero-order valence-corrected chi connectivity index (χ0v) is 24.6. The van der Waals surface area contributed by atoms with Gasteiger partial charge in [-0.3, -0.25) is 0 Å². The molecule has 8 aromatic carbocycles. The molecule has 0 saturated heterocycles. The Bertz CT molecular complexity index is 2290. The van der Waals surface area contributed by atoms with Gasteiger partial charge in [-0.1, -0.05) is 121 Å². The molecule has 0 aliphatic carbocycles. The first-order chi connectivity index (χ1) is 22.2. The van der Waals surface area contributed by atoms with E-state index >= 15 is 0 Å². The van der Waals surface area contributed by atoms with E-state index in [2.05, 4.69) is 157 Å². The van der Waals surface area contributed by atoms with Gasteiger partial charge in [0, 0.05) is 17.1 Å². The average Bonchev–Trinajstić information content (AvgIpc) is 3.11. The van der Waals surface area contributed by atoms with Gasteiger partial charge in [-0.25, -0.2) is 0 Å². The van der Waals surface area contributed by atoms with E-state index in [9.17, 15) is 5.26 Å². The molecule has 0 heterocycles. The van der Waals surface area contributed by atoms with Crippen LogP contribution < -0.4 is 4.90 Å². The largest absolute Gasteiger partial charge is 0.310 e. The number of rotatable bonds is 5. The van der Waals surface area contributed by atoms with Crippen LogP contribution in [0.15, 0.2) is 170 Å². The van der Waals surface area contributed by atoms with Crippen LogP contribution in [0.1, 0.15) is 5.56 Å². The molecule has 0 aliphatic rings. The highest BCUT2D eigenvalue weighted by molar-refractivity contribution is 6.06. The predicted molar refractivity (Wildman–Crippen MR) is 189 cm³/mol. The number of hydrogen-bond donors (Lipinski definition) is 0. The zero-order valence-electron chi connectivity index (χ0n) is 24.6. The van der Waals surface area contributed by atoms with Crippen LogP contribution in [0.5, 0.6) is 0 Å². The van der Waals surface area contributed by atoms with E-state index in [0.29, 0.717) is 5.56 Å². The van der Waals surface area contributed by atoms with Gasteiger partial charge in [0.2, 0.25) is 0 Å². The summed E-state index contributed by atoms with van der Waals surface area (Å²) in [5.41, 5.74) is 8.58.